The molecule has 4 nitrogen and oxygen atoms in total. The molecular weight excluding hydrogens is 298 g/mol. The molecule has 5 heteroatoms. The quantitative estimate of drug-likeness (QED) is 0.896. The fourth-order valence-corrected chi connectivity index (χ4v) is 3.32. The lowest BCUT2D eigenvalue weighted by Crippen LogP contribution is -2.46. The van der Waals surface area contributed by atoms with E-state index in [1.807, 2.05) is 0 Å². The van der Waals surface area contributed by atoms with Gasteiger partial charge in [0.2, 0.25) is 0 Å². The van der Waals surface area contributed by atoms with Gasteiger partial charge in [0.15, 0.2) is 0 Å². The van der Waals surface area contributed by atoms with E-state index in [0.29, 0.717) is 18.0 Å². The lowest BCUT2D eigenvalue weighted by Gasteiger charge is -2.40. The van der Waals surface area contributed by atoms with E-state index in [1.165, 1.54) is 19.3 Å². The minimum Gasteiger partial charge on any atom is -0.349 e. The number of carbonyl (C=O) groups excluding carboxylic acids is 1. The number of nitrogens with zero attached hydrogens (tertiary/aromatic N) is 1. The van der Waals surface area contributed by atoms with Crippen LogP contribution in [-0.4, -0.2) is 16.9 Å². The van der Waals surface area contributed by atoms with E-state index in [2.05, 4.69) is 31.1 Å². The lowest BCUT2D eigenvalue weighted by molar-refractivity contribution is 0.0830. The minimum absolute atomic E-state index is 0. The topological polar surface area (TPSA) is 68.0 Å². The molecule has 0 bridgehead atoms. The Hall–Kier alpha value is -1.13. The van der Waals surface area contributed by atoms with Gasteiger partial charge in [0, 0.05) is 24.3 Å². The van der Waals surface area contributed by atoms with Gasteiger partial charge in [-0.25, -0.2) is 0 Å². The van der Waals surface area contributed by atoms with Crippen molar-refractivity contribution in [3.63, 3.8) is 0 Å². The van der Waals surface area contributed by atoms with Crippen LogP contribution in [0.25, 0.3) is 0 Å². The van der Waals surface area contributed by atoms with Crippen molar-refractivity contribution in [1.82, 2.24) is 10.3 Å². The van der Waals surface area contributed by atoms with E-state index >= 15 is 0 Å². The molecule has 1 aromatic rings. The summed E-state index contributed by atoms with van der Waals surface area (Å²) in [5.41, 5.74) is 7.21. The molecule has 3 N–H and O–H groups in total. The normalized spacial score (nSPS) is 21.8. The van der Waals surface area contributed by atoms with Crippen LogP contribution in [0.15, 0.2) is 18.3 Å². The summed E-state index contributed by atoms with van der Waals surface area (Å²) in [6.07, 6.45) is 6.38. The summed E-state index contributed by atoms with van der Waals surface area (Å²) < 4.78 is 0. The third-order valence-electron chi connectivity index (χ3n) is 4.48. The Kier molecular flexibility index (Phi) is 6.82. The van der Waals surface area contributed by atoms with E-state index in [4.69, 9.17) is 5.73 Å². The number of pyridine rings is 1. The van der Waals surface area contributed by atoms with Crippen molar-refractivity contribution in [2.24, 2.45) is 17.1 Å². The van der Waals surface area contributed by atoms with Gasteiger partial charge in [0.1, 0.15) is 0 Å². The lowest BCUT2D eigenvalue weighted by atomic mass is 9.69. The summed E-state index contributed by atoms with van der Waals surface area (Å²) in [5.74, 6) is 0.527. The van der Waals surface area contributed by atoms with E-state index in [-0.39, 0.29) is 29.8 Å². The predicted octanol–water partition coefficient (Wildman–Crippen LogP) is 3.30. The maximum absolute atomic E-state index is 12.5. The Balaban J connectivity index is 0.00000242. The Morgan fingerprint density at radius 3 is 2.68 bits per heavy atom. The average Bonchev–Trinajstić information content (AvgIpc) is 2.46. The third-order valence-corrected chi connectivity index (χ3v) is 4.48. The first-order chi connectivity index (χ1) is 9.91. The number of nitrogens with two attached hydrogens (primary N) is 1. The van der Waals surface area contributed by atoms with Crippen molar-refractivity contribution in [2.75, 3.05) is 0 Å². The van der Waals surface area contributed by atoms with Gasteiger partial charge in [-0.05, 0) is 36.3 Å². The number of amides is 1. The molecule has 2 atom stereocenters. The molecule has 124 valence electrons. The highest BCUT2D eigenvalue weighted by Gasteiger charge is 2.34. The van der Waals surface area contributed by atoms with Crippen molar-refractivity contribution < 1.29 is 4.79 Å². The second-order valence-electron chi connectivity index (χ2n) is 7.08. The van der Waals surface area contributed by atoms with Gasteiger partial charge in [-0.1, -0.05) is 33.6 Å². The van der Waals surface area contributed by atoms with Crippen LogP contribution in [0, 0.1) is 11.3 Å². The minimum atomic E-state index is -0.00625. The molecule has 2 unspecified atom stereocenters. The Morgan fingerprint density at radius 2 is 2.05 bits per heavy atom. The maximum atomic E-state index is 12.5. The van der Waals surface area contributed by atoms with E-state index in [1.54, 1.807) is 18.3 Å². The van der Waals surface area contributed by atoms with Gasteiger partial charge < -0.3 is 11.1 Å². The van der Waals surface area contributed by atoms with Crippen LogP contribution in [0.1, 0.15) is 62.5 Å². The molecule has 1 aliphatic rings. The highest BCUT2D eigenvalue weighted by atomic mass is 35.5. The number of hydrogen-bond acceptors (Lipinski definition) is 3. The van der Waals surface area contributed by atoms with Crippen LogP contribution in [0.5, 0.6) is 0 Å². The summed E-state index contributed by atoms with van der Waals surface area (Å²) in [6, 6.07) is 3.80. The zero-order chi connectivity index (χ0) is 15.5. The highest BCUT2D eigenvalue weighted by Crippen LogP contribution is 2.38. The fourth-order valence-electron chi connectivity index (χ4n) is 3.32. The summed E-state index contributed by atoms with van der Waals surface area (Å²) in [7, 11) is 0. The summed E-state index contributed by atoms with van der Waals surface area (Å²) in [6.45, 7) is 7.15. The molecule has 0 saturated heterocycles. The van der Waals surface area contributed by atoms with Crippen LogP contribution < -0.4 is 11.1 Å². The summed E-state index contributed by atoms with van der Waals surface area (Å²) >= 11 is 0. The number of carbonyl (C=O) groups is 1. The van der Waals surface area contributed by atoms with Gasteiger partial charge in [-0.3, -0.25) is 9.78 Å². The molecule has 1 fully saturated rings. The average molecular weight is 326 g/mol. The zero-order valence-electron chi connectivity index (χ0n) is 13.8. The molecule has 22 heavy (non-hydrogen) atoms. The molecule has 0 aromatic carbocycles. The van der Waals surface area contributed by atoms with Gasteiger partial charge >= 0.3 is 0 Å². The maximum Gasteiger partial charge on any atom is 0.251 e. The van der Waals surface area contributed by atoms with Crippen LogP contribution >= 0.6 is 12.4 Å². The second-order valence-corrected chi connectivity index (χ2v) is 7.08. The molecule has 2 rings (SSSR count). The van der Waals surface area contributed by atoms with E-state index < -0.39 is 0 Å². The summed E-state index contributed by atoms with van der Waals surface area (Å²) in [5, 5.41) is 3.24. The van der Waals surface area contributed by atoms with Crippen molar-refractivity contribution in [3.8, 4) is 0 Å². The van der Waals surface area contributed by atoms with Crippen molar-refractivity contribution in [1.29, 1.82) is 0 Å². The van der Waals surface area contributed by atoms with Gasteiger partial charge in [0.05, 0.1) is 5.69 Å². The van der Waals surface area contributed by atoms with Crippen LogP contribution in [-0.2, 0) is 6.54 Å². The van der Waals surface area contributed by atoms with Crippen molar-refractivity contribution in [2.45, 2.75) is 59.0 Å². The van der Waals surface area contributed by atoms with Crippen LogP contribution in [0.3, 0.4) is 0 Å². The van der Waals surface area contributed by atoms with Crippen molar-refractivity contribution in [3.05, 3.63) is 29.6 Å². The van der Waals surface area contributed by atoms with E-state index in [9.17, 15) is 4.79 Å². The molecule has 0 spiro atoms. The molecule has 1 aromatic heterocycles. The molecule has 1 amide bonds. The van der Waals surface area contributed by atoms with Gasteiger partial charge in [-0.15, -0.1) is 12.4 Å². The SMILES string of the molecule is CC(C)(C)C1CCCCC1NC(=O)c1ccnc(CN)c1.Cl. The number of aromatic nitrogens is 1. The van der Waals surface area contributed by atoms with Gasteiger partial charge in [-0.2, -0.15) is 0 Å². The number of nitrogens with one attached hydrogen (secondary N) is 1. The van der Waals surface area contributed by atoms with Crippen LogP contribution in [0.4, 0.5) is 0 Å². The first-order valence-corrected chi connectivity index (χ1v) is 7.87. The van der Waals surface area contributed by atoms with Gasteiger partial charge in [0.25, 0.3) is 5.91 Å². The molecule has 1 saturated carbocycles. The molecule has 0 radical (unpaired) electrons. The Labute approximate surface area is 139 Å². The summed E-state index contributed by atoms with van der Waals surface area (Å²) in [4.78, 5) is 16.6. The smallest absolute Gasteiger partial charge is 0.251 e. The second kappa shape index (κ2) is 7.93. The molecule has 1 aliphatic carbocycles. The van der Waals surface area contributed by atoms with Crippen molar-refractivity contribution >= 4 is 18.3 Å². The first kappa shape index (κ1) is 18.9. The Morgan fingerprint density at radius 1 is 1.36 bits per heavy atom. The number of rotatable bonds is 3. The molecule has 0 aliphatic heterocycles. The number of hydrogen-bond donors (Lipinski definition) is 2. The van der Waals surface area contributed by atoms with Crippen LogP contribution in [0.2, 0.25) is 0 Å². The highest BCUT2D eigenvalue weighted by molar-refractivity contribution is 5.94. The van der Waals surface area contributed by atoms with E-state index in [0.717, 1.165) is 12.1 Å². The largest absolute Gasteiger partial charge is 0.349 e. The molecular formula is C17H28ClN3O. The Bertz CT molecular complexity index is 499. The predicted molar refractivity (Wildman–Crippen MR) is 92.0 cm³/mol. The molecule has 1 heterocycles. The fraction of sp³-hybridized carbons (Fsp3) is 0.647. The zero-order valence-corrected chi connectivity index (χ0v) is 14.6. The first-order valence-electron chi connectivity index (χ1n) is 7.87. The third kappa shape index (κ3) is 4.68. The monoisotopic (exact) mass is 325 g/mol. The number of halogens is 1. The standard InChI is InChI=1S/C17H27N3O.ClH/c1-17(2,3)14-6-4-5-7-15(14)20-16(21)12-8-9-19-13(10-12)11-18;/h8-10,14-15H,4-7,11,18H2,1-3H3,(H,20,21);1H.